The van der Waals surface area contributed by atoms with Crippen LogP contribution in [-0.2, 0) is 0 Å². The molecule has 0 unspecified atom stereocenters. The lowest BCUT2D eigenvalue weighted by Crippen LogP contribution is -1.95. The highest BCUT2D eigenvalue weighted by atomic mass is 14.8. The summed E-state index contributed by atoms with van der Waals surface area (Å²) < 4.78 is 0. The maximum atomic E-state index is 4.64. The first kappa shape index (κ1) is 14.3. The number of pyridine rings is 3. The van der Waals surface area contributed by atoms with Crippen LogP contribution in [0.1, 0.15) is 0 Å². The van der Waals surface area contributed by atoms with Crippen molar-refractivity contribution in [1.82, 2.24) is 15.0 Å². The lowest BCUT2D eigenvalue weighted by Gasteiger charge is -2.12. The van der Waals surface area contributed by atoms with E-state index < -0.39 is 0 Å². The van der Waals surface area contributed by atoms with E-state index in [1.165, 1.54) is 0 Å². The van der Waals surface area contributed by atoms with E-state index in [0.29, 0.717) is 0 Å². The predicted octanol–water partition coefficient (Wildman–Crippen LogP) is 4.87. The Morgan fingerprint density at radius 1 is 0.458 bits per heavy atom. The Morgan fingerprint density at radius 3 is 1.88 bits per heavy atom. The van der Waals surface area contributed by atoms with Crippen LogP contribution >= 0.6 is 0 Å². The van der Waals surface area contributed by atoms with Crippen molar-refractivity contribution in [1.29, 1.82) is 0 Å². The molecular weight excluding hydrogens is 294 g/mol. The molecule has 0 amide bonds. The average Bonchev–Trinajstić information content (AvgIpc) is 2.69. The first-order valence-corrected chi connectivity index (χ1v) is 7.81. The number of hydrogen-bond acceptors (Lipinski definition) is 3. The van der Waals surface area contributed by atoms with Crippen molar-refractivity contribution in [3.8, 4) is 33.8 Å². The number of rotatable bonds is 3. The molecule has 3 aromatic heterocycles. The molecule has 0 saturated heterocycles. The minimum atomic E-state index is 0.842. The van der Waals surface area contributed by atoms with Gasteiger partial charge in [-0.1, -0.05) is 42.5 Å². The van der Waals surface area contributed by atoms with E-state index >= 15 is 0 Å². The molecular formula is C21H15N3. The Labute approximate surface area is 140 Å². The van der Waals surface area contributed by atoms with Crippen LogP contribution in [0.25, 0.3) is 33.8 Å². The first-order chi connectivity index (χ1) is 11.9. The zero-order chi connectivity index (χ0) is 16.2. The Hall–Kier alpha value is -3.33. The fraction of sp³-hybridized carbons (Fsp3) is 0. The second kappa shape index (κ2) is 6.42. The van der Waals surface area contributed by atoms with Crippen LogP contribution in [-0.4, -0.2) is 15.0 Å². The fourth-order valence-electron chi connectivity index (χ4n) is 2.77. The monoisotopic (exact) mass is 309 g/mol. The number of benzene rings is 1. The van der Waals surface area contributed by atoms with Crippen LogP contribution in [0, 0.1) is 0 Å². The van der Waals surface area contributed by atoms with Crippen molar-refractivity contribution >= 4 is 0 Å². The summed E-state index contributed by atoms with van der Waals surface area (Å²) in [5.41, 5.74) is 5.81. The molecule has 3 nitrogen and oxygen atoms in total. The predicted molar refractivity (Wildman–Crippen MR) is 96.1 cm³/mol. The topological polar surface area (TPSA) is 38.7 Å². The molecule has 0 fully saturated rings. The molecule has 114 valence electrons. The minimum Gasteiger partial charge on any atom is -0.256 e. The second-order valence-electron chi connectivity index (χ2n) is 5.38. The maximum absolute atomic E-state index is 4.64. The van der Waals surface area contributed by atoms with Crippen LogP contribution in [0.15, 0.2) is 91.4 Å². The molecule has 1 aromatic carbocycles. The zero-order valence-electron chi connectivity index (χ0n) is 13.0. The van der Waals surface area contributed by atoms with Crippen molar-refractivity contribution in [3.05, 3.63) is 91.4 Å². The van der Waals surface area contributed by atoms with Crippen molar-refractivity contribution in [3.63, 3.8) is 0 Å². The summed E-state index contributed by atoms with van der Waals surface area (Å²) in [7, 11) is 0. The smallest absolute Gasteiger partial charge is 0.0980 e. The van der Waals surface area contributed by atoms with Gasteiger partial charge in [0.05, 0.1) is 17.1 Å². The molecule has 24 heavy (non-hydrogen) atoms. The van der Waals surface area contributed by atoms with E-state index in [4.69, 9.17) is 0 Å². The highest BCUT2D eigenvalue weighted by Crippen LogP contribution is 2.34. The van der Waals surface area contributed by atoms with Gasteiger partial charge in [0, 0.05) is 29.7 Å². The number of hydrogen-bond donors (Lipinski definition) is 0. The Bertz CT molecular complexity index is 870. The summed E-state index contributed by atoms with van der Waals surface area (Å²) >= 11 is 0. The van der Waals surface area contributed by atoms with Crippen LogP contribution in [0.2, 0.25) is 0 Å². The maximum Gasteiger partial charge on any atom is 0.0980 e. The van der Waals surface area contributed by atoms with Gasteiger partial charge in [-0.3, -0.25) is 15.0 Å². The van der Waals surface area contributed by atoms with Gasteiger partial charge in [0.25, 0.3) is 0 Å². The van der Waals surface area contributed by atoms with Gasteiger partial charge in [-0.15, -0.1) is 0 Å². The normalized spacial score (nSPS) is 10.5. The minimum absolute atomic E-state index is 0.842. The van der Waals surface area contributed by atoms with E-state index in [1.54, 1.807) is 12.4 Å². The van der Waals surface area contributed by atoms with E-state index in [1.807, 2.05) is 60.8 Å². The van der Waals surface area contributed by atoms with Crippen molar-refractivity contribution in [2.75, 3.05) is 0 Å². The largest absolute Gasteiger partial charge is 0.256 e. The molecule has 0 atom stereocenters. The van der Waals surface area contributed by atoms with Gasteiger partial charge in [-0.05, 0) is 35.9 Å². The Morgan fingerprint density at radius 2 is 1.12 bits per heavy atom. The number of aromatic nitrogens is 3. The standard InChI is InChI=1S/C21H15N3/c1-2-8-16(9-3-1)17-10-6-14-23-20(17)18-11-7-15-24-21(18)19-12-4-5-13-22-19/h1-15H. The van der Waals surface area contributed by atoms with Crippen LogP contribution < -0.4 is 0 Å². The molecule has 0 saturated carbocycles. The lowest BCUT2D eigenvalue weighted by atomic mass is 9.97. The molecule has 0 N–H and O–H groups in total. The van der Waals surface area contributed by atoms with E-state index in [9.17, 15) is 0 Å². The summed E-state index contributed by atoms with van der Waals surface area (Å²) in [4.78, 5) is 13.6. The SMILES string of the molecule is c1ccc(-c2cccnc2-c2cccnc2-c2ccccn2)cc1. The summed E-state index contributed by atoms with van der Waals surface area (Å²) in [5, 5.41) is 0. The van der Waals surface area contributed by atoms with E-state index in [0.717, 1.165) is 33.8 Å². The fourth-order valence-corrected chi connectivity index (χ4v) is 2.77. The van der Waals surface area contributed by atoms with Gasteiger partial charge in [0.1, 0.15) is 0 Å². The molecule has 4 rings (SSSR count). The molecule has 0 aliphatic heterocycles. The third kappa shape index (κ3) is 2.68. The van der Waals surface area contributed by atoms with Gasteiger partial charge in [0.2, 0.25) is 0 Å². The summed E-state index contributed by atoms with van der Waals surface area (Å²) in [6.45, 7) is 0. The molecule has 4 aromatic rings. The lowest BCUT2D eigenvalue weighted by molar-refractivity contribution is 1.23. The Balaban J connectivity index is 1.93. The summed E-state index contributed by atoms with van der Waals surface area (Å²) in [6, 6.07) is 24.2. The highest BCUT2D eigenvalue weighted by Gasteiger charge is 2.14. The molecule has 0 spiro atoms. The van der Waals surface area contributed by atoms with E-state index in [-0.39, 0.29) is 0 Å². The van der Waals surface area contributed by atoms with E-state index in [2.05, 4.69) is 33.2 Å². The molecule has 0 bridgehead atoms. The summed E-state index contributed by atoms with van der Waals surface area (Å²) in [5.74, 6) is 0. The van der Waals surface area contributed by atoms with Gasteiger partial charge < -0.3 is 0 Å². The van der Waals surface area contributed by atoms with Gasteiger partial charge >= 0.3 is 0 Å². The van der Waals surface area contributed by atoms with Crippen LogP contribution in [0.4, 0.5) is 0 Å². The highest BCUT2D eigenvalue weighted by molar-refractivity contribution is 5.86. The van der Waals surface area contributed by atoms with Crippen LogP contribution in [0.5, 0.6) is 0 Å². The third-order valence-corrected chi connectivity index (χ3v) is 3.86. The quantitative estimate of drug-likeness (QED) is 0.542. The van der Waals surface area contributed by atoms with Gasteiger partial charge in [0.15, 0.2) is 0 Å². The van der Waals surface area contributed by atoms with Crippen LogP contribution in [0.3, 0.4) is 0 Å². The average molecular weight is 309 g/mol. The number of nitrogens with zero attached hydrogens (tertiary/aromatic N) is 3. The molecule has 3 heteroatoms. The zero-order valence-corrected chi connectivity index (χ0v) is 13.0. The van der Waals surface area contributed by atoms with Gasteiger partial charge in [-0.25, -0.2) is 0 Å². The molecule has 0 aliphatic carbocycles. The third-order valence-electron chi connectivity index (χ3n) is 3.86. The summed E-state index contributed by atoms with van der Waals surface area (Å²) in [6.07, 6.45) is 5.39. The Kier molecular flexibility index (Phi) is 3.82. The van der Waals surface area contributed by atoms with Gasteiger partial charge in [-0.2, -0.15) is 0 Å². The van der Waals surface area contributed by atoms with Crippen molar-refractivity contribution in [2.24, 2.45) is 0 Å². The van der Waals surface area contributed by atoms with Crippen molar-refractivity contribution in [2.45, 2.75) is 0 Å². The molecule has 0 aliphatic rings. The van der Waals surface area contributed by atoms with Crippen molar-refractivity contribution < 1.29 is 0 Å². The first-order valence-electron chi connectivity index (χ1n) is 7.81. The molecule has 3 heterocycles. The molecule has 0 radical (unpaired) electrons. The second-order valence-corrected chi connectivity index (χ2v) is 5.38.